The largest absolute Gasteiger partial charge is 0.314 e. The van der Waals surface area contributed by atoms with Gasteiger partial charge in [-0.15, -0.1) is 0 Å². The number of benzene rings is 1. The van der Waals surface area contributed by atoms with Crippen molar-refractivity contribution in [1.82, 2.24) is 5.32 Å². The highest BCUT2D eigenvalue weighted by Gasteiger charge is 2.01. The van der Waals surface area contributed by atoms with Gasteiger partial charge in [-0.05, 0) is 50.3 Å². The second-order valence-electron chi connectivity index (χ2n) is 4.57. The summed E-state index contributed by atoms with van der Waals surface area (Å²) in [5, 5.41) is 3.53. The summed E-state index contributed by atoms with van der Waals surface area (Å²) < 4.78 is 0. The topological polar surface area (TPSA) is 12.0 Å². The standard InChI is InChI=1S/C15H25N/c1-4-11-16-13(3)9-10-15-8-6-7-14(5-2)12-15/h6-8,12-13,16H,4-5,9-11H2,1-3H3. The van der Waals surface area contributed by atoms with Crippen molar-refractivity contribution < 1.29 is 0 Å². The van der Waals surface area contributed by atoms with Crippen molar-refractivity contribution in [3.63, 3.8) is 0 Å². The molecular formula is C15H25N. The second kappa shape index (κ2) is 7.45. The number of hydrogen-bond acceptors (Lipinski definition) is 1. The van der Waals surface area contributed by atoms with E-state index >= 15 is 0 Å². The van der Waals surface area contributed by atoms with Gasteiger partial charge in [-0.25, -0.2) is 0 Å². The van der Waals surface area contributed by atoms with Crippen LogP contribution >= 0.6 is 0 Å². The van der Waals surface area contributed by atoms with Gasteiger partial charge in [0.2, 0.25) is 0 Å². The molecule has 0 aliphatic heterocycles. The van der Waals surface area contributed by atoms with Crippen LogP contribution in [-0.4, -0.2) is 12.6 Å². The maximum Gasteiger partial charge on any atom is 0.00418 e. The lowest BCUT2D eigenvalue weighted by Crippen LogP contribution is -2.27. The Morgan fingerprint density at radius 1 is 1.19 bits per heavy atom. The van der Waals surface area contributed by atoms with Crippen LogP contribution in [-0.2, 0) is 12.8 Å². The fourth-order valence-corrected chi connectivity index (χ4v) is 1.88. The highest BCUT2D eigenvalue weighted by molar-refractivity contribution is 5.23. The van der Waals surface area contributed by atoms with Crippen LogP contribution in [0, 0.1) is 0 Å². The maximum absolute atomic E-state index is 3.53. The third-order valence-electron chi connectivity index (χ3n) is 3.01. The molecule has 0 fully saturated rings. The van der Waals surface area contributed by atoms with Crippen LogP contribution in [0.4, 0.5) is 0 Å². The smallest absolute Gasteiger partial charge is 0.00418 e. The van der Waals surface area contributed by atoms with Crippen molar-refractivity contribution in [1.29, 1.82) is 0 Å². The summed E-state index contributed by atoms with van der Waals surface area (Å²) in [6.07, 6.45) is 4.77. The Morgan fingerprint density at radius 3 is 2.62 bits per heavy atom. The number of rotatable bonds is 7. The molecule has 0 saturated heterocycles. The Balaban J connectivity index is 2.35. The summed E-state index contributed by atoms with van der Waals surface area (Å²) in [7, 11) is 0. The fourth-order valence-electron chi connectivity index (χ4n) is 1.88. The molecule has 0 radical (unpaired) electrons. The Kier molecular flexibility index (Phi) is 6.17. The Morgan fingerprint density at radius 2 is 1.94 bits per heavy atom. The van der Waals surface area contributed by atoms with Gasteiger partial charge in [-0.1, -0.05) is 38.1 Å². The average molecular weight is 219 g/mol. The molecule has 0 heterocycles. The van der Waals surface area contributed by atoms with E-state index < -0.39 is 0 Å². The van der Waals surface area contributed by atoms with E-state index in [0.717, 1.165) is 13.0 Å². The van der Waals surface area contributed by atoms with Crippen molar-refractivity contribution in [3.8, 4) is 0 Å². The molecule has 0 bridgehead atoms. The minimum Gasteiger partial charge on any atom is -0.314 e. The van der Waals surface area contributed by atoms with Crippen LogP contribution in [0.2, 0.25) is 0 Å². The molecule has 1 aromatic rings. The lowest BCUT2D eigenvalue weighted by atomic mass is 10.0. The van der Waals surface area contributed by atoms with E-state index in [9.17, 15) is 0 Å². The van der Waals surface area contributed by atoms with Crippen molar-refractivity contribution >= 4 is 0 Å². The van der Waals surface area contributed by atoms with E-state index in [-0.39, 0.29) is 0 Å². The Labute approximate surface area is 100 Å². The maximum atomic E-state index is 3.53. The highest BCUT2D eigenvalue weighted by Crippen LogP contribution is 2.09. The fraction of sp³-hybridized carbons (Fsp3) is 0.600. The molecule has 0 spiro atoms. The van der Waals surface area contributed by atoms with Crippen LogP contribution < -0.4 is 5.32 Å². The van der Waals surface area contributed by atoms with E-state index in [1.807, 2.05) is 0 Å². The van der Waals surface area contributed by atoms with Crippen molar-refractivity contribution in [2.24, 2.45) is 0 Å². The Hall–Kier alpha value is -0.820. The summed E-state index contributed by atoms with van der Waals surface area (Å²) in [5.41, 5.74) is 2.93. The second-order valence-corrected chi connectivity index (χ2v) is 4.57. The number of aryl methyl sites for hydroxylation is 2. The van der Waals surface area contributed by atoms with Crippen LogP contribution in [0.15, 0.2) is 24.3 Å². The van der Waals surface area contributed by atoms with Crippen molar-refractivity contribution in [2.45, 2.75) is 52.5 Å². The molecule has 16 heavy (non-hydrogen) atoms. The lowest BCUT2D eigenvalue weighted by Gasteiger charge is -2.13. The van der Waals surface area contributed by atoms with E-state index in [1.165, 1.54) is 30.4 Å². The first-order valence-electron chi connectivity index (χ1n) is 6.57. The summed E-state index contributed by atoms with van der Waals surface area (Å²) in [5.74, 6) is 0. The van der Waals surface area contributed by atoms with Crippen LogP contribution in [0.25, 0.3) is 0 Å². The molecule has 1 N–H and O–H groups in total. The normalized spacial score (nSPS) is 12.7. The van der Waals surface area contributed by atoms with Gasteiger partial charge in [-0.3, -0.25) is 0 Å². The molecule has 1 nitrogen and oxygen atoms in total. The lowest BCUT2D eigenvalue weighted by molar-refractivity contribution is 0.513. The molecular weight excluding hydrogens is 194 g/mol. The number of hydrogen-bond donors (Lipinski definition) is 1. The molecule has 0 amide bonds. The molecule has 1 unspecified atom stereocenters. The first-order chi connectivity index (χ1) is 7.76. The minimum atomic E-state index is 0.630. The van der Waals surface area contributed by atoms with E-state index in [0.29, 0.717) is 6.04 Å². The molecule has 1 aromatic carbocycles. The van der Waals surface area contributed by atoms with E-state index in [4.69, 9.17) is 0 Å². The van der Waals surface area contributed by atoms with Gasteiger partial charge in [0.05, 0.1) is 0 Å². The summed E-state index contributed by atoms with van der Waals surface area (Å²) in [6.45, 7) is 7.84. The summed E-state index contributed by atoms with van der Waals surface area (Å²) in [6, 6.07) is 9.60. The van der Waals surface area contributed by atoms with Crippen LogP contribution in [0.5, 0.6) is 0 Å². The van der Waals surface area contributed by atoms with Crippen molar-refractivity contribution in [2.75, 3.05) is 6.54 Å². The molecule has 1 heteroatoms. The molecule has 90 valence electrons. The molecule has 1 rings (SSSR count). The van der Waals surface area contributed by atoms with Crippen LogP contribution in [0.3, 0.4) is 0 Å². The monoisotopic (exact) mass is 219 g/mol. The molecule has 1 atom stereocenters. The van der Waals surface area contributed by atoms with Gasteiger partial charge in [0.15, 0.2) is 0 Å². The molecule has 0 aliphatic rings. The quantitative estimate of drug-likeness (QED) is 0.739. The van der Waals surface area contributed by atoms with Gasteiger partial charge < -0.3 is 5.32 Å². The zero-order chi connectivity index (χ0) is 11.8. The zero-order valence-corrected chi connectivity index (χ0v) is 10.9. The first kappa shape index (κ1) is 13.2. The molecule has 0 saturated carbocycles. The predicted molar refractivity (Wildman–Crippen MR) is 71.9 cm³/mol. The first-order valence-corrected chi connectivity index (χ1v) is 6.57. The van der Waals surface area contributed by atoms with Gasteiger partial charge in [0, 0.05) is 6.04 Å². The average Bonchev–Trinajstić information content (AvgIpc) is 2.34. The molecule has 0 aliphatic carbocycles. The van der Waals surface area contributed by atoms with E-state index in [2.05, 4.69) is 50.4 Å². The number of nitrogens with one attached hydrogen (secondary N) is 1. The summed E-state index contributed by atoms with van der Waals surface area (Å²) >= 11 is 0. The molecule has 0 aromatic heterocycles. The Bertz CT molecular complexity index is 293. The van der Waals surface area contributed by atoms with Crippen molar-refractivity contribution in [3.05, 3.63) is 35.4 Å². The van der Waals surface area contributed by atoms with Gasteiger partial charge in [0.25, 0.3) is 0 Å². The van der Waals surface area contributed by atoms with Gasteiger partial charge in [-0.2, -0.15) is 0 Å². The van der Waals surface area contributed by atoms with Crippen LogP contribution in [0.1, 0.15) is 44.7 Å². The highest BCUT2D eigenvalue weighted by atomic mass is 14.9. The van der Waals surface area contributed by atoms with Gasteiger partial charge in [0.1, 0.15) is 0 Å². The third-order valence-corrected chi connectivity index (χ3v) is 3.01. The van der Waals surface area contributed by atoms with E-state index in [1.54, 1.807) is 0 Å². The predicted octanol–water partition coefficient (Wildman–Crippen LogP) is 3.57. The third kappa shape index (κ3) is 4.80. The van der Waals surface area contributed by atoms with Gasteiger partial charge >= 0.3 is 0 Å². The SMILES string of the molecule is CCCNC(C)CCc1cccc(CC)c1. The summed E-state index contributed by atoms with van der Waals surface area (Å²) in [4.78, 5) is 0. The minimum absolute atomic E-state index is 0.630. The zero-order valence-electron chi connectivity index (χ0n) is 10.9.